The molecule has 29 heavy (non-hydrogen) atoms. The summed E-state index contributed by atoms with van der Waals surface area (Å²) in [5, 5.41) is 2.64. The first-order valence-electron chi connectivity index (χ1n) is 10.9. The van der Waals surface area contributed by atoms with Gasteiger partial charge in [0.25, 0.3) is 0 Å². The summed E-state index contributed by atoms with van der Waals surface area (Å²) in [6.45, 7) is 8.89. The molecule has 4 rings (SSSR count). The Labute approximate surface area is 188 Å². The molecule has 0 N–H and O–H groups in total. The summed E-state index contributed by atoms with van der Waals surface area (Å²) < 4.78 is 6.71. The zero-order valence-electron chi connectivity index (χ0n) is 18.6. The standard InChI is InChI=1S/4C5H5.C3H8.2C2H5.2Fe/c4*1-2-4-5-3-1;1-3-2;2*1-2;;/h4*1-3H,4H2;3H2,1-2H3;2*1H2,2H3;;. The monoisotopic (exact) mass is 474 g/mol. The van der Waals surface area contributed by atoms with E-state index in [2.05, 4.69) is 101 Å². The Morgan fingerprint density at radius 1 is 0.517 bits per heavy atom. The fourth-order valence-corrected chi connectivity index (χ4v) is 9.07. The number of hydrogen-bond acceptors (Lipinski definition) is 0. The van der Waals surface area contributed by atoms with Gasteiger partial charge in [-0.1, -0.05) is 20.3 Å². The summed E-state index contributed by atoms with van der Waals surface area (Å²) in [5.74, 6) is 0. The van der Waals surface area contributed by atoms with Gasteiger partial charge in [-0.3, -0.25) is 0 Å². The Kier molecular flexibility index (Phi) is 11.7. The Morgan fingerprint density at radius 2 is 0.759 bits per heavy atom. The average molecular weight is 474 g/mol. The van der Waals surface area contributed by atoms with Crippen molar-refractivity contribution in [2.45, 2.75) is 70.4 Å². The Bertz CT molecular complexity index is 629. The van der Waals surface area contributed by atoms with Gasteiger partial charge in [-0.25, -0.2) is 0 Å². The number of hydrogen-bond donors (Lipinski definition) is 0. The van der Waals surface area contributed by atoms with Crippen molar-refractivity contribution in [3.8, 4) is 0 Å². The molecule has 0 unspecified atom stereocenters. The van der Waals surface area contributed by atoms with Crippen molar-refractivity contribution in [2.24, 2.45) is 0 Å². The van der Waals surface area contributed by atoms with Crippen LogP contribution in [-0.4, -0.2) is 0 Å². The van der Waals surface area contributed by atoms with E-state index in [0.717, 1.165) is 0 Å². The summed E-state index contributed by atoms with van der Waals surface area (Å²) in [6, 6.07) is 0. The van der Waals surface area contributed by atoms with Crippen molar-refractivity contribution < 1.29 is 27.8 Å². The zero-order chi connectivity index (χ0) is 20.9. The Hall–Kier alpha value is -1.04. The SMILES string of the molecule is CCC.C[CH2][Fe]([C]1=CC=CC1)[C]1=CC=CC1.C[CH2][Fe]([C]1=CC=CC1)[C]1=CC=CC1. The van der Waals surface area contributed by atoms with Crippen molar-refractivity contribution in [3.05, 3.63) is 90.8 Å². The van der Waals surface area contributed by atoms with Gasteiger partial charge in [-0.05, 0) is 0 Å². The minimum atomic E-state index is -0.153. The third-order valence-electron chi connectivity index (χ3n) is 4.46. The first kappa shape index (κ1) is 24.2. The summed E-state index contributed by atoms with van der Waals surface area (Å²) >= 11 is -0.306. The van der Waals surface area contributed by atoms with Crippen LogP contribution in [0, 0.1) is 0 Å². The van der Waals surface area contributed by atoms with Gasteiger partial charge < -0.3 is 0 Å². The van der Waals surface area contributed by atoms with E-state index in [9.17, 15) is 0 Å². The van der Waals surface area contributed by atoms with Gasteiger partial charge in [0.2, 0.25) is 0 Å². The number of allylic oxidation sites excluding steroid dienone is 16. The van der Waals surface area contributed by atoms with Gasteiger partial charge >= 0.3 is 169 Å². The third kappa shape index (κ3) is 7.62. The number of rotatable bonds is 6. The van der Waals surface area contributed by atoms with Crippen LogP contribution < -0.4 is 0 Å². The van der Waals surface area contributed by atoms with Crippen molar-refractivity contribution in [2.75, 3.05) is 0 Å². The zero-order valence-corrected chi connectivity index (χ0v) is 20.8. The van der Waals surface area contributed by atoms with Crippen molar-refractivity contribution in [1.29, 1.82) is 0 Å². The maximum absolute atomic E-state index is 2.32. The van der Waals surface area contributed by atoms with E-state index in [4.69, 9.17) is 0 Å². The first-order chi connectivity index (χ1) is 14.2. The molecule has 0 aromatic carbocycles. The average Bonchev–Trinajstić information content (AvgIpc) is 3.52. The fraction of sp³-hybridized carbons (Fsp3) is 0.407. The molecule has 0 saturated heterocycles. The summed E-state index contributed by atoms with van der Waals surface area (Å²) in [4.78, 5) is 0. The molecule has 0 heterocycles. The normalized spacial score (nSPS) is 19.0. The van der Waals surface area contributed by atoms with Gasteiger partial charge in [0.1, 0.15) is 0 Å². The molecule has 0 spiro atoms. The topological polar surface area (TPSA) is 0 Å². The van der Waals surface area contributed by atoms with Crippen LogP contribution in [0.25, 0.3) is 0 Å². The molecule has 0 fully saturated rings. The van der Waals surface area contributed by atoms with Gasteiger partial charge in [-0.2, -0.15) is 0 Å². The van der Waals surface area contributed by atoms with Crippen LogP contribution in [0.2, 0.25) is 10.6 Å². The van der Waals surface area contributed by atoms with E-state index in [1.807, 2.05) is 0 Å². The molecular weight excluding hydrogens is 436 g/mol. The molecule has 0 aromatic rings. The predicted octanol–water partition coefficient (Wildman–Crippen LogP) is 8.88. The molecular formula is C27H38Fe2. The van der Waals surface area contributed by atoms with Crippen LogP contribution in [0.1, 0.15) is 59.8 Å². The van der Waals surface area contributed by atoms with Crippen LogP contribution >= 0.6 is 0 Å². The maximum atomic E-state index is 2.32. The van der Waals surface area contributed by atoms with Crippen LogP contribution in [-0.2, 0) is 27.8 Å². The second-order valence-electron chi connectivity index (χ2n) is 6.80. The van der Waals surface area contributed by atoms with Crippen LogP contribution in [0.3, 0.4) is 0 Å². The van der Waals surface area contributed by atoms with Crippen LogP contribution in [0.4, 0.5) is 0 Å². The van der Waals surface area contributed by atoms with Crippen molar-refractivity contribution in [3.63, 3.8) is 0 Å². The van der Waals surface area contributed by atoms with E-state index in [1.54, 1.807) is 17.9 Å². The Morgan fingerprint density at radius 3 is 0.897 bits per heavy atom. The molecule has 0 bridgehead atoms. The quantitative estimate of drug-likeness (QED) is 0.337. The van der Waals surface area contributed by atoms with Crippen LogP contribution in [0.15, 0.2) is 90.8 Å². The van der Waals surface area contributed by atoms with Crippen molar-refractivity contribution >= 4 is 0 Å². The van der Waals surface area contributed by atoms with E-state index < -0.39 is 0 Å². The molecule has 0 saturated carbocycles. The van der Waals surface area contributed by atoms with E-state index in [-0.39, 0.29) is 27.8 Å². The second kappa shape index (κ2) is 14.0. The molecule has 0 nitrogen and oxygen atoms in total. The van der Waals surface area contributed by atoms with E-state index in [1.165, 1.54) is 42.7 Å². The van der Waals surface area contributed by atoms with Gasteiger partial charge in [-0.15, -0.1) is 0 Å². The minimum absolute atomic E-state index is 0.153. The molecule has 0 aliphatic heterocycles. The molecule has 0 amide bonds. The van der Waals surface area contributed by atoms with E-state index in [0.29, 0.717) is 0 Å². The summed E-state index contributed by atoms with van der Waals surface area (Å²) in [7, 11) is 0. The molecule has 162 valence electrons. The van der Waals surface area contributed by atoms with Crippen molar-refractivity contribution in [1.82, 2.24) is 0 Å². The molecule has 4 aliphatic carbocycles. The summed E-state index contributed by atoms with van der Waals surface area (Å²) in [6.07, 6.45) is 33.2. The molecule has 0 atom stereocenters. The molecule has 0 radical (unpaired) electrons. The summed E-state index contributed by atoms with van der Waals surface area (Å²) in [5.41, 5.74) is 0. The van der Waals surface area contributed by atoms with E-state index >= 15 is 0 Å². The van der Waals surface area contributed by atoms with Gasteiger partial charge in [0, 0.05) is 0 Å². The van der Waals surface area contributed by atoms with Crippen LogP contribution in [0.5, 0.6) is 0 Å². The Balaban J connectivity index is 0.000000183. The first-order valence-corrected chi connectivity index (χ1v) is 14.7. The molecule has 2 heteroatoms. The van der Waals surface area contributed by atoms with Gasteiger partial charge in [0.15, 0.2) is 0 Å². The molecule has 0 aromatic heterocycles. The predicted molar refractivity (Wildman–Crippen MR) is 124 cm³/mol. The molecule has 4 aliphatic rings. The second-order valence-corrected chi connectivity index (χ2v) is 13.3. The third-order valence-corrected chi connectivity index (χ3v) is 11.1. The van der Waals surface area contributed by atoms with Gasteiger partial charge in [0.05, 0.1) is 0 Å². The fourth-order valence-electron chi connectivity index (χ4n) is 3.23.